The van der Waals surface area contributed by atoms with Crippen molar-refractivity contribution in [3.63, 3.8) is 0 Å². The summed E-state index contributed by atoms with van der Waals surface area (Å²) < 4.78 is 13.8. The number of aliphatic hydroxyl groups is 1. The first-order chi connectivity index (χ1) is 9.40. The largest absolute Gasteiger partial charge is 0.391 e. The molecule has 6 nitrogen and oxygen atoms in total. The van der Waals surface area contributed by atoms with Crippen LogP contribution in [0.15, 0.2) is 18.2 Å². The Kier molecular flexibility index (Phi) is 3.99. The van der Waals surface area contributed by atoms with Crippen molar-refractivity contribution in [3.05, 3.63) is 39.7 Å². The number of nitrogens with zero attached hydrogens (tertiary/aromatic N) is 2. The van der Waals surface area contributed by atoms with Gasteiger partial charge in [-0.15, -0.1) is 0 Å². The van der Waals surface area contributed by atoms with Crippen LogP contribution in [0.25, 0.3) is 0 Å². The summed E-state index contributed by atoms with van der Waals surface area (Å²) in [4.78, 5) is 23.3. The quantitative estimate of drug-likeness (QED) is 0.659. The summed E-state index contributed by atoms with van der Waals surface area (Å²) in [5.41, 5.74) is -0.608. The van der Waals surface area contributed by atoms with Crippen molar-refractivity contribution in [2.45, 2.75) is 19.4 Å². The van der Waals surface area contributed by atoms with E-state index in [9.17, 15) is 24.4 Å². The molecule has 1 saturated heterocycles. The Morgan fingerprint density at radius 1 is 1.55 bits per heavy atom. The lowest BCUT2D eigenvalue weighted by Crippen LogP contribution is -2.46. The third-order valence-electron chi connectivity index (χ3n) is 3.60. The van der Waals surface area contributed by atoms with E-state index in [-0.39, 0.29) is 18.0 Å². The third-order valence-corrected chi connectivity index (χ3v) is 3.60. The molecule has 1 fully saturated rings. The minimum atomic E-state index is -0.919. The van der Waals surface area contributed by atoms with E-state index in [4.69, 9.17) is 0 Å². The zero-order valence-corrected chi connectivity index (χ0v) is 11.0. The molecule has 1 N–H and O–H groups in total. The van der Waals surface area contributed by atoms with Crippen molar-refractivity contribution < 1.29 is 19.2 Å². The number of halogens is 1. The Balaban J connectivity index is 2.19. The van der Waals surface area contributed by atoms with E-state index in [0.717, 1.165) is 18.2 Å². The molecule has 0 aliphatic carbocycles. The number of nitro benzene ring substituents is 1. The van der Waals surface area contributed by atoms with Crippen LogP contribution in [-0.2, 0) is 0 Å². The molecule has 20 heavy (non-hydrogen) atoms. The van der Waals surface area contributed by atoms with Gasteiger partial charge in [-0.3, -0.25) is 14.9 Å². The van der Waals surface area contributed by atoms with Gasteiger partial charge < -0.3 is 10.0 Å². The molecule has 1 heterocycles. The monoisotopic (exact) mass is 282 g/mol. The van der Waals surface area contributed by atoms with Crippen LogP contribution in [0.1, 0.15) is 23.7 Å². The summed E-state index contributed by atoms with van der Waals surface area (Å²) in [6, 6.07) is 2.94. The SMILES string of the molecule is CC1CCN(C(=O)c2ccc([N+](=O)[O-])cc2F)CC1O. The minimum Gasteiger partial charge on any atom is -0.391 e. The van der Waals surface area contributed by atoms with Crippen LogP contribution in [0.5, 0.6) is 0 Å². The number of hydrogen-bond donors (Lipinski definition) is 1. The number of aliphatic hydroxyl groups excluding tert-OH is 1. The molecule has 2 rings (SSSR count). The maximum atomic E-state index is 13.8. The van der Waals surface area contributed by atoms with Crippen LogP contribution >= 0.6 is 0 Å². The molecule has 0 bridgehead atoms. The van der Waals surface area contributed by atoms with Crippen molar-refractivity contribution in [3.8, 4) is 0 Å². The lowest BCUT2D eigenvalue weighted by Gasteiger charge is -2.34. The smallest absolute Gasteiger partial charge is 0.272 e. The molecule has 1 aliphatic rings. The maximum absolute atomic E-state index is 13.8. The number of carbonyl (C=O) groups is 1. The minimum absolute atomic E-state index is 0.0979. The molecule has 0 radical (unpaired) electrons. The van der Waals surface area contributed by atoms with Gasteiger partial charge in [0.05, 0.1) is 22.7 Å². The average Bonchev–Trinajstić information content (AvgIpc) is 2.41. The van der Waals surface area contributed by atoms with Crippen LogP contribution < -0.4 is 0 Å². The summed E-state index contributed by atoms with van der Waals surface area (Å²) in [5.74, 6) is -1.37. The van der Waals surface area contributed by atoms with Crippen molar-refractivity contribution in [1.82, 2.24) is 4.90 Å². The predicted molar refractivity (Wildman–Crippen MR) is 68.7 cm³/mol. The first-order valence-corrected chi connectivity index (χ1v) is 6.31. The Bertz CT molecular complexity index is 549. The highest BCUT2D eigenvalue weighted by atomic mass is 19.1. The van der Waals surface area contributed by atoms with Crippen molar-refractivity contribution in [1.29, 1.82) is 0 Å². The number of likely N-dealkylation sites (tertiary alicyclic amines) is 1. The number of nitro groups is 1. The molecule has 0 saturated carbocycles. The van der Waals surface area contributed by atoms with E-state index in [1.54, 1.807) is 0 Å². The Labute approximate surface area is 115 Å². The van der Waals surface area contributed by atoms with E-state index in [0.29, 0.717) is 13.0 Å². The highest BCUT2D eigenvalue weighted by Crippen LogP contribution is 2.22. The molecule has 1 aromatic rings. The van der Waals surface area contributed by atoms with Gasteiger partial charge in [-0.1, -0.05) is 6.92 Å². The van der Waals surface area contributed by atoms with Crippen molar-refractivity contribution >= 4 is 11.6 Å². The van der Waals surface area contributed by atoms with Crippen molar-refractivity contribution in [2.24, 2.45) is 5.92 Å². The summed E-state index contributed by atoms with van der Waals surface area (Å²) in [5, 5.41) is 20.3. The molecule has 7 heteroatoms. The van der Waals surface area contributed by atoms with Gasteiger partial charge in [0, 0.05) is 19.2 Å². The molecule has 1 aliphatic heterocycles. The van der Waals surface area contributed by atoms with E-state index in [2.05, 4.69) is 0 Å². The highest BCUT2D eigenvalue weighted by molar-refractivity contribution is 5.94. The maximum Gasteiger partial charge on any atom is 0.272 e. The van der Waals surface area contributed by atoms with Gasteiger partial charge in [0.2, 0.25) is 0 Å². The normalized spacial score (nSPS) is 22.6. The van der Waals surface area contributed by atoms with Gasteiger partial charge in [-0.2, -0.15) is 0 Å². The summed E-state index contributed by atoms with van der Waals surface area (Å²) in [6.07, 6.45) is 0.00965. The summed E-state index contributed by atoms with van der Waals surface area (Å²) >= 11 is 0. The van der Waals surface area contributed by atoms with Crippen LogP contribution in [0.4, 0.5) is 10.1 Å². The molecule has 108 valence electrons. The van der Waals surface area contributed by atoms with Gasteiger partial charge in [0.1, 0.15) is 5.82 Å². The topological polar surface area (TPSA) is 83.7 Å². The van der Waals surface area contributed by atoms with E-state index >= 15 is 0 Å². The zero-order chi connectivity index (χ0) is 14.9. The first-order valence-electron chi connectivity index (χ1n) is 6.31. The molecule has 1 aromatic carbocycles. The third kappa shape index (κ3) is 2.77. The number of non-ortho nitro benzene ring substituents is 1. The lowest BCUT2D eigenvalue weighted by atomic mass is 9.95. The second-order valence-electron chi connectivity index (χ2n) is 5.01. The molecule has 0 aromatic heterocycles. The van der Waals surface area contributed by atoms with E-state index in [1.165, 1.54) is 4.90 Å². The number of carbonyl (C=O) groups excluding carboxylic acids is 1. The summed E-state index contributed by atoms with van der Waals surface area (Å²) in [6.45, 7) is 2.48. The fourth-order valence-electron chi connectivity index (χ4n) is 2.19. The number of piperidine rings is 1. The number of hydrogen-bond acceptors (Lipinski definition) is 4. The number of rotatable bonds is 2. The predicted octanol–water partition coefficient (Wildman–Crippen LogP) is 1.58. The number of benzene rings is 1. The standard InChI is InChI=1S/C13H15FN2O4/c1-8-4-5-15(7-12(8)17)13(18)10-3-2-9(16(19)20)6-11(10)14/h2-3,6,8,12,17H,4-5,7H2,1H3. The Hall–Kier alpha value is -2.02. The zero-order valence-electron chi connectivity index (χ0n) is 11.0. The average molecular weight is 282 g/mol. The first kappa shape index (κ1) is 14.4. The Morgan fingerprint density at radius 2 is 2.25 bits per heavy atom. The van der Waals surface area contributed by atoms with Gasteiger partial charge in [-0.25, -0.2) is 4.39 Å². The van der Waals surface area contributed by atoms with Crippen LogP contribution in [0.2, 0.25) is 0 Å². The summed E-state index contributed by atoms with van der Waals surface area (Å²) in [7, 11) is 0. The van der Waals surface area contributed by atoms with Gasteiger partial charge in [0.15, 0.2) is 0 Å². The fraction of sp³-hybridized carbons (Fsp3) is 0.462. The number of amides is 1. The molecular weight excluding hydrogens is 267 g/mol. The van der Waals surface area contributed by atoms with Crippen LogP contribution in [0, 0.1) is 21.8 Å². The van der Waals surface area contributed by atoms with Gasteiger partial charge >= 0.3 is 0 Å². The van der Waals surface area contributed by atoms with Gasteiger partial charge in [-0.05, 0) is 18.4 Å². The highest BCUT2D eigenvalue weighted by Gasteiger charge is 2.29. The van der Waals surface area contributed by atoms with Gasteiger partial charge in [0.25, 0.3) is 11.6 Å². The molecule has 2 atom stereocenters. The van der Waals surface area contributed by atoms with E-state index < -0.39 is 28.4 Å². The fourth-order valence-corrected chi connectivity index (χ4v) is 2.19. The Morgan fingerprint density at radius 3 is 2.80 bits per heavy atom. The van der Waals surface area contributed by atoms with Crippen molar-refractivity contribution in [2.75, 3.05) is 13.1 Å². The number of β-amino-alcohol motifs (C(OH)–C–C–N with tert-alkyl or cyclic N) is 1. The van der Waals surface area contributed by atoms with Crippen LogP contribution in [0.3, 0.4) is 0 Å². The molecule has 1 amide bonds. The molecule has 0 spiro atoms. The second kappa shape index (κ2) is 5.54. The van der Waals surface area contributed by atoms with E-state index in [1.807, 2.05) is 6.92 Å². The molecule has 2 unspecified atom stereocenters. The second-order valence-corrected chi connectivity index (χ2v) is 5.01. The molecular formula is C13H15FN2O4. The van der Waals surface area contributed by atoms with Crippen LogP contribution in [-0.4, -0.2) is 40.0 Å². The lowest BCUT2D eigenvalue weighted by molar-refractivity contribution is -0.385.